The predicted molar refractivity (Wildman–Crippen MR) is 62.8 cm³/mol. The molecule has 1 unspecified atom stereocenters. The van der Waals surface area contributed by atoms with Crippen LogP contribution in [0, 0.1) is 0 Å². The molecule has 0 aliphatic heterocycles. The molecule has 0 heterocycles. The van der Waals surface area contributed by atoms with Gasteiger partial charge in [-0.25, -0.2) is 0 Å². The van der Waals surface area contributed by atoms with Gasteiger partial charge < -0.3 is 12.7 Å². The molecule has 0 aromatic carbocycles. The lowest BCUT2D eigenvalue weighted by molar-refractivity contribution is 0.292. The van der Waals surface area contributed by atoms with Crippen molar-refractivity contribution in [3.05, 3.63) is 0 Å². The van der Waals surface area contributed by atoms with E-state index in [1.165, 1.54) is 0 Å². The average Bonchev–Trinajstić information content (AvgIpc) is 2.02. The van der Waals surface area contributed by atoms with E-state index in [0.29, 0.717) is 0 Å². The summed E-state index contributed by atoms with van der Waals surface area (Å²) in [5, 5.41) is 0. The van der Waals surface area contributed by atoms with Crippen LogP contribution in [0.3, 0.4) is 0 Å². The summed E-state index contributed by atoms with van der Waals surface area (Å²) in [5.74, 6) is 0. The van der Waals surface area contributed by atoms with Crippen molar-refractivity contribution < 1.29 is 12.7 Å². The van der Waals surface area contributed by atoms with Gasteiger partial charge in [-0.2, -0.15) is 0 Å². The second kappa shape index (κ2) is 6.24. The minimum Gasteiger partial charge on any atom is -0.464 e. The Kier molecular flexibility index (Phi) is 6.63. The Hall–Kier alpha value is 0.748. The second-order valence-corrected chi connectivity index (χ2v) is 17.5. The minimum atomic E-state index is -1.34. The van der Waals surface area contributed by atoms with Crippen LogP contribution in [0.2, 0.25) is 19.6 Å². The van der Waals surface area contributed by atoms with Gasteiger partial charge in [-0.15, -0.1) is 0 Å². The fourth-order valence-corrected chi connectivity index (χ4v) is 11.3. The van der Waals surface area contributed by atoms with Crippen molar-refractivity contribution in [2.75, 3.05) is 6.61 Å². The monoisotopic (exact) mass is 240 g/mol. The third-order valence-corrected chi connectivity index (χ3v) is 16.3. The van der Waals surface area contributed by atoms with Crippen LogP contribution in [0.1, 0.15) is 6.92 Å². The molecule has 0 radical (unpaired) electrons. The van der Waals surface area contributed by atoms with Crippen LogP contribution in [0.15, 0.2) is 0 Å². The van der Waals surface area contributed by atoms with E-state index in [2.05, 4.69) is 19.6 Å². The van der Waals surface area contributed by atoms with Crippen molar-refractivity contribution in [1.29, 1.82) is 0 Å². The van der Waals surface area contributed by atoms with Crippen molar-refractivity contribution in [2.24, 2.45) is 0 Å². The van der Waals surface area contributed by atoms with Gasteiger partial charge in [0.2, 0.25) is 0 Å². The van der Waals surface area contributed by atoms with Gasteiger partial charge in [0, 0.05) is 6.61 Å². The van der Waals surface area contributed by atoms with Crippen LogP contribution < -0.4 is 0 Å². The maximum atomic E-state index is 5.75. The van der Waals surface area contributed by atoms with Gasteiger partial charge in [0.15, 0.2) is 17.1 Å². The maximum absolute atomic E-state index is 5.75. The minimum absolute atomic E-state index is 0.440. The van der Waals surface area contributed by atoms with E-state index in [-0.39, 0.29) is 0 Å². The Morgan fingerprint density at radius 1 is 1.50 bits per heavy atom. The van der Waals surface area contributed by atoms with Crippen molar-refractivity contribution in [2.45, 2.75) is 26.6 Å². The summed E-state index contributed by atoms with van der Waals surface area (Å²) in [6.07, 6.45) is 0. The first kappa shape index (κ1) is 12.7. The Labute approximate surface area is 83.0 Å². The van der Waals surface area contributed by atoms with Crippen LogP contribution in [0.25, 0.3) is 0 Å². The van der Waals surface area contributed by atoms with Crippen molar-refractivity contribution in [1.82, 2.24) is 0 Å². The van der Waals surface area contributed by atoms with Gasteiger partial charge in [0.25, 0.3) is 0 Å². The summed E-state index contributed by atoms with van der Waals surface area (Å²) < 4.78 is 16.7. The molecule has 0 aliphatic carbocycles. The first-order chi connectivity index (χ1) is 5.52. The predicted octanol–water partition coefficient (Wildman–Crippen LogP) is -1.03. The summed E-state index contributed by atoms with van der Waals surface area (Å²) in [6.45, 7) is 9.36. The van der Waals surface area contributed by atoms with Crippen LogP contribution in [0.4, 0.5) is 0 Å². The molecule has 3 nitrogen and oxygen atoms in total. The van der Waals surface area contributed by atoms with Crippen molar-refractivity contribution in [3.63, 3.8) is 0 Å². The molecule has 0 aliphatic rings. The zero-order valence-corrected chi connectivity index (χ0v) is 14.3. The van der Waals surface area contributed by atoms with Gasteiger partial charge >= 0.3 is 9.28 Å². The van der Waals surface area contributed by atoms with Crippen molar-refractivity contribution >= 4 is 36.9 Å². The molecule has 12 heavy (non-hydrogen) atoms. The summed E-state index contributed by atoms with van der Waals surface area (Å²) in [4.78, 5) is 0. The fraction of sp³-hybridized carbons (Fsp3) is 1.00. The van der Waals surface area contributed by atoms with Crippen LogP contribution in [-0.2, 0) is 12.7 Å². The fourth-order valence-electron chi connectivity index (χ4n) is 0.660. The molecule has 74 valence electrons. The molecule has 0 saturated heterocycles. The van der Waals surface area contributed by atoms with E-state index in [0.717, 1.165) is 17.1 Å². The van der Waals surface area contributed by atoms with Gasteiger partial charge in [0.05, 0.1) is 0 Å². The van der Waals surface area contributed by atoms with Gasteiger partial charge in [-0.3, -0.25) is 0 Å². The summed E-state index contributed by atoms with van der Waals surface area (Å²) >= 11 is 0. The normalized spacial score (nSPS) is 16.0. The third-order valence-electron chi connectivity index (χ3n) is 1.62. The molecule has 0 spiro atoms. The smallest absolute Gasteiger partial charge is 0.307 e. The third kappa shape index (κ3) is 6.28. The highest BCUT2D eigenvalue weighted by atomic mass is 29.2. The van der Waals surface area contributed by atoms with E-state index in [4.69, 9.17) is 12.7 Å². The zero-order chi connectivity index (χ0) is 9.61. The quantitative estimate of drug-likeness (QED) is 0.556. The maximum Gasteiger partial charge on any atom is 0.307 e. The topological polar surface area (TPSA) is 27.7 Å². The molecule has 0 amide bonds. The van der Waals surface area contributed by atoms with E-state index >= 15 is 0 Å². The van der Waals surface area contributed by atoms with Gasteiger partial charge in [-0.05, 0) is 26.6 Å². The van der Waals surface area contributed by atoms with Gasteiger partial charge in [0.1, 0.15) is 10.5 Å². The molecule has 0 bridgehead atoms. The lowest BCUT2D eigenvalue weighted by Crippen LogP contribution is -2.42. The van der Waals surface area contributed by atoms with Crippen LogP contribution in [-0.4, -0.2) is 43.5 Å². The Morgan fingerprint density at radius 2 is 2.08 bits per heavy atom. The molecule has 0 fully saturated rings. The highest BCUT2D eigenvalue weighted by Gasteiger charge is 2.22. The summed E-state index contributed by atoms with van der Waals surface area (Å²) in [7, 11) is -2.21. The van der Waals surface area contributed by atoms with Crippen LogP contribution in [0.5, 0.6) is 0 Å². The number of hydrogen-bond donors (Lipinski definition) is 0. The lowest BCUT2D eigenvalue weighted by Gasteiger charge is -2.22. The molecule has 0 aromatic rings. The highest BCUT2D eigenvalue weighted by Crippen LogP contribution is 2.00. The number of hydrogen-bond acceptors (Lipinski definition) is 3. The lowest BCUT2D eigenvalue weighted by atomic mass is 10.9. The van der Waals surface area contributed by atoms with Crippen LogP contribution >= 0.6 is 0 Å². The average molecular weight is 241 g/mol. The molecular formula is C5H20O3Si4. The molecular weight excluding hydrogens is 220 g/mol. The summed E-state index contributed by atoms with van der Waals surface area (Å²) in [6, 6.07) is 0. The first-order valence-corrected chi connectivity index (χ1v) is 13.0. The molecule has 0 rings (SSSR count). The Balaban J connectivity index is 3.52. The van der Waals surface area contributed by atoms with E-state index in [9.17, 15) is 0 Å². The summed E-state index contributed by atoms with van der Waals surface area (Å²) in [5.41, 5.74) is 0. The molecule has 7 heteroatoms. The largest absolute Gasteiger partial charge is 0.464 e. The van der Waals surface area contributed by atoms with Gasteiger partial charge in [-0.1, -0.05) is 0 Å². The zero-order valence-electron chi connectivity index (χ0n) is 8.72. The van der Waals surface area contributed by atoms with Crippen molar-refractivity contribution in [3.8, 4) is 0 Å². The van der Waals surface area contributed by atoms with E-state index in [1.54, 1.807) is 0 Å². The molecule has 0 N–H and O–H groups in total. The Morgan fingerprint density at radius 3 is 2.50 bits per heavy atom. The molecule has 0 aromatic heterocycles. The molecule has 0 saturated carbocycles. The SMILES string of the molecule is CCO[SiH](C)O[SiH2][Si](C)(C)O[SiH3]. The second-order valence-electron chi connectivity index (χ2n) is 3.30. The van der Waals surface area contributed by atoms with E-state index < -0.39 is 26.4 Å². The van der Waals surface area contributed by atoms with E-state index in [1.807, 2.05) is 6.92 Å². The molecule has 1 atom stereocenters. The first-order valence-electron chi connectivity index (χ1n) is 4.30. The number of rotatable bonds is 6. The highest BCUT2D eigenvalue weighted by molar-refractivity contribution is 7.19. The standard InChI is InChI=1S/C5H20O3Si4/c1-5-6-11(2)8-10-12(3,4)7-9/h11H,5,10H2,1-4,9H3. The Bertz CT molecular complexity index is 121.